The molecule has 2 aromatic rings. The molecule has 1 aliphatic heterocycles. The van der Waals surface area contributed by atoms with Crippen molar-refractivity contribution in [2.45, 2.75) is 13.0 Å². The average molecular weight is 278 g/mol. The first kappa shape index (κ1) is 12.1. The number of carbonyl (C=O) groups is 1. The molecule has 0 saturated heterocycles. The van der Waals surface area contributed by atoms with Gasteiger partial charge in [-0.25, -0.2) is 0 Å². The minimum Gasteiger partial charge on any atom is -0.485 e. The number of fused-ring (bicyclic) bond motifs is 1. The largest absolute Gasteiger partial charge is 0.485 e. The molecular weight excluding hydrogens is 266 g/mol. The lowest BCUT2D eigenvalue weighted by molar-refractivity contribution is 0.0960. The van der Waals surface area contributed by atoms with E-state index in [9.17, 15) is 4.79 Å². The first-order valence-electron chi connectivity index (χ1n) is 5.96. The summed E-state index contributed by atoms with van der Waals surface area (Å²) in [6, 6.07) is 7.02. The van der Waals surface area contributed by atoms with E-state index in [4.69, 9.17) is 20.8 Å². The Morgan fingerprint density at radius 2 is 2.26 bits per heavy atom. The Morgan fingerprint density at radius 1 is 1.42 bits per heavy atom. The molecule has 5 heteroatoms. The summed E-state index contributed by atoms with van der Waals surface area (Å²) in [4.78, 5) is 14.1. The number of hydrogen-bond donors (Lipinski definition) is 0. The highest BCUT2D eigenvalue weighted by Gasteiger charge is 2.29. The van der Waals surface area contributed by atoms with Crippen LogP contribution in [0.25, 0.3) is 0 Å². The van der Waals surface area contributed by atoms with Gasteiger partial charge in [-0.15, -0.1) is 0 Å². The van der Waals surface area contributed by atoms with Crippen molar-refractivity contribution in [2.24, 2.45) is 0 Å². The maximum absolute atomic E-state index is 12.4. The maximum Gasteiger partial charge on any atom is 0.261 e. The zero-order valence-corrected chi connectivity index (χ0v) is 11.1. The van der Waals surface area contributed by atoms with Gasteiger partial charge in [0.15, 0.2) is 5.75 Å². The lowest BCUT2D eigenvalue weighted by Gasteiger charge is -2.33. The van der Waals surface area contributed by atoms with E-state index in [-0.39, 0.29) is 12.0 Å². The van der Waals surface area contributed by atoms with E-state index in [0.29, 0.717) is 28.6 Å². The molecule has 98 valence electrons. The summed E-state index contributed by atoms with van der Waals surface area (Å²) in [5.41, 5.74) is 1.21. The Morgan fingerprint density at radius 3 is 3.00 bits per heavy atom. The molecule has 0 bridgehead atoms. The molecule has 0 N–H and O–H groups in total. The Kier molecular flexibility index (Phi) is 2.95. The molecule has 3 rings (SSSR count). The van der Waals surface area contributed by atoms with Crippen molar-refractivity contribution in [3.05, 3.63) is 47.4 Å². The van der Waals surface area contributed by atoms with Crippen molar-refractivity contribution in [3.63, 3.8) is 0 Å². The molecule has 4 nitrogen and oxygen atoms in total. The lowest BCUT2D eigenvalue weighted by Crippen LogP contribution is -2.42. The van der Waals surface area contributed by atoms with Gasteiger partial charge in [0.1, 0.15) is 12.4 Å². The summed E-state index contributed by atoms with van der Waals surface area (Å²) in [7, 11) is 0. The number of halogens is 1. The van der Waals surface area contributed by atoms with E-state index in [1.807, 2.05) is 13.0 Å². The number of amides is 1. The van der Waals surface area contributed by atoms with Gasteiger partial charge in [-0.2, -0.15) is 0 Å². The third-order valence-electron chi connectivity index (χ3n) is 3.01. The molecule has 1 aromatic carbocycles. The van der Waals surface area contributed by atoms with Crippen molar-refractivity contribution in [1.82, 2.24) is 0 Å². The molecule has 0 unspecified atom stereocenters. The van der Waals surface area contributed by atoms with Crippen molar-refractivity contribution in [1.29, 1.82) is 0 Å². The van der Waals surface area contributed by atoms with Crippen LogP contribution < -0.4 is 9.64 Å². The second-order valence-corrected chi connectivity index (χ2v) is 4.85. The smallest absolute Gasteiger partial charge is 0.261 e. The number of carbonyl (C=O) groups excluding carboxylic acids is 1. The topological polar surface area (TPSA) is 42.7 Å². The molecule has 2 heterocycles. The lowest BCUT2D eigenvalue weighted by atomic mass is 10.1. The number of furan rings is 1. The molecule has 0 radical (unpaired) electrons. The summed E-state index contributed by atoms with van der Waals surface area (Å²) in [5.74, 6) is 0.437. The molecule has 19 heavy (non-hydrogen) atoms. The van der Waals surface area contributed by atoms with Crippen molar-refractivity contribution < 1.29 is 13.9 Å². The van der Waals surface area contributed by atoms with Gasteiger partial charge < -0.3 is 14.1 Å². The van der Waals surface area contributed by atoms with Crippen LogP contribution in [0.15, 0.2) is 41.2 Å². The van der Waals surface area contributed by atoms with Crippen LogP contribution in [0.4, 0.5) is 5.69 Å². The summed E-state index contributed by atoms with van der Waals surface area (Å²) in [6.07, 6.45) is 2.81. The zero-order valence-electron chi connectivity index (χ0n) is 10.3. The normalized spacial score (nSPS) is 17.8. The fourth-order valence-corrected chi connectivity index (χ4v) is 2.37. The highest BCUT2D eigenvalue weighted by atomic mass is 35.5. The molecular formula is C14H12ClNO3. The molecule has 0 spiro atoms. The van der Waals surface area contributed by atoms with Crippen LogP contribution in [0.1, 0.15) is 17.3 Å². The van der Waals surface area contributed by atoms with Gasteiger partial charge in [-0.05, 0) is 25.1 Å². The highest BCUT2D eigenvalue weighted by molar-refractivity contribution is 6.32. The molecule has 0 saturated carbocycles. The fraction of sp³-hybridized carbons (Fsp3) is 0.214. The Balaban J connectivity index is 2.04. The van der Waals surface area contributed by atoms with E-state index in [2.05, 4.69) is 0 Å². The highest BCUT2D eigenvalue weighted by Crippen LogP contribution is 2.39. The van der Waals surface area contributed by atoms with Crippen LogP contribution in [-0.4, -0.2) is 18.6 Å². The van der Waals surface area contributed by atoms with Crippen molar-refractivity contribution in [3.8, 4) is 5.75 Å². The zero-order chi connectivity index (χ0) is 13.4. The van der Waals surface area contributed by atoms with Crippen molar-refractivity contribution >= 4 is 23.2 Å². The van der Waals surface area contributed by atoms with E-state index < -0.39 is 0 Å². The van der Waals surface area contributed by atoms with E-state index >= 15 is 0 Å². The van der Waals surface area contributed by atoms with Crippen LogP contribution in [0.5, 0.6) is 5.75 Å². The molecule has 0 aliphatic carbocycles. The second-order valence-electron chi connectivity index (χ2n) is 4.44. The standard InChI is InChI=1S/C14H12ClNO3/c1-9-7-16(14(17)10-5-6-18-8-10)12-4-2-3-11(15)13(12)19-9/h2-6,8-9H,7H2,1H3/t9-/m0/s1. The Hall–Kier alpha value is -1.94. The van der Waals surface area contributed by atoms with Crippen LogP contribution in [0, 0.1) is 0 Å². The Bertz CT molecular complexity index is 609. The van der Waals surface area contributed by atoms with Gasteiger partial charge in [-0.3, -0.25) is 4.79 Å². The summed E-state index contributed by atoms with van der Waals surface area (Å²) in [6.45, 7) is 2.39. The van der Waals surface area contributed by atoms with Gasteiger partial charge in [0.2, 0.25) is 0 Å². The van der Waals surface area contributed by atoms with Gasteiger partial charge in [-0.1, -0.05) is 17.7 Å². The quantitative estimate of drug-likeness (QED) is 0.803. The molecule has 1 aromatic heterocycles. The van der Waals surface area contributed by atoms with Crippen LogP contribution in [0.2, 0.25) is 5.02 Å². The number of benzene rings is 1. The molecule has 0 fully saturated rings. The Labute approximate surface area is 115 Å². The van der Waals surface area contributed by atoms with Gasteiger partial charge in [0.25, 0.3) is 5.91 Å². The van der Waals surface area contributed by atoms with Crippen LogP contribution >= 0.6 is 11.6 Å². The minimum atomic E-state index is -0.118. The third kappa shape index (κ3) is 2.08. The predicted octanol–water partition coefficient (Wildman–Crippen LogP) is 3.36. The van der Waals surface area contributed by atoms with Gasteiger partial charge in [0.05, 0.1) is 29.1 Å². The van der Waals surface area contributed by atoms with Crippen LogP contribution in [-0.2, 0) is 0 Å². The molecule has 1 atom stereocenters. The SMILES string of the molecule is C[C@H]1CN(C(=O)c2ccoc2)c2cccc(Cl)c2O1. The van der Waals surface area contributed by atoms with E-state index in [1.165, 1.54) is 12.5 Å². The van der Waals surface area contributed by atoms with Gasteiger partial charge >= 0.3 is 0 Å². The number of hydrogen-bond acceptors (Lipinski definition) is 3. The first-order chi connectivity index (χ1) is 9.16. The van der Waals surface area contributed by atoms with Gasteiger partial charge in [0, 0.05) is 0 Å². The number of nitrogens with zero attached hydrogens (tertiary/aromatic N) is 1. The molecule has 1 aliphatic rings. The predicted molar refractivity (Wildman–Crippen MR) is 71.9 cm³/mol. The number of anilines is 1. The fourth-order valence-electron chi connectivity index (χ4n) is 2.15. The maximum atomic E-state index is 12.4. The summed E-state index contributed by atoms with van der Waals surface area (Å²) in [5, 5.41) is 0.508. The van der Waals surface area contributed by atoms with Crippen molar-refractivity contribution in [2.75, 3.05) is 11.4 Å². The van der Waals surface area contributed by atoms with Crippen LogP contribution in [0.3, 0.4) is 0 Å². The monoisotopic (exact) mass is 277 g/mol. The third-order valence-corrected chi connectivity index (χ3v) is 3.31. The number of ether oxygens (including phenoxy) is 1. The minimum absolute atomic E-state index is 0.108. The average Bonchev–Trinajstić information content (AvgIpc) is 2.92. The second kappa shape index (κ2) is 4.63. The number of para-hydroxylation sites is 1. The first-order valence-corrected chi connectivity index (χ1v) is 6.34. The summed E-state index contributed by atoms with van der Waals surface area (Å²) < 4.78 is 10.7. The van der Waals surface area contributed by atoms with E-state index in [0.717, 1.165) is 0 Å². The summed E-state index contributed by atoms with van der Waals surface area (Å²) >= 11 is 6.12. The number of rotatable bonds is 1. The molecule has 1 amide bonds. The van der Waals surface area contributed by atoms with E-state index in [1.54, 1.807) is 23.1 Å².